The second kappa shape index (κ2) is 8.22. The van der Waals surface area contributed by atoms with E-state index in [2.05, 4.69) is 31.5 Å². The maximum atomic E-state index is 5.45. The molecule has 0 fully saturated rings. The van der Waals surface area contributed by atoms with Gasteiger partial charge in [-0.3, -0.25) is 0 Å². The van der Waals surface area contributed by atoms with Crippen molar-refractivity contribution in [2.45, 2.75) is 13.0 Å². The highest BCUT2D eigenvalue weighted by Crippen LogP contribution is 2.34. The largest absolute Gasteiger partial charge is 0.495 e. The predicted octanol–water partition coefficient (Wildman–Crippen LogP) is 3.20. The number of anilines is 3. The molecule has 0 spiro atoms. The molecule has 3 aromatic rings. The summed E-state index contributed by atoms with van der Waals surface area (Å²) in [6.07, 6.45) is 2.56. The molecule has 0 radical (unpaired) electrons. The number of fused-ring (bicyclic) bond motifs is 1. The fraction of sp³-hybridized carbons (Fsp3) is 0.286. The maximum absolute atomic E-state index is 5.45. The number of para-hydroxylation sites is 2. The van der Waals surface area contributed by atoms with Crippen LogP contribution in [0.15, 0.2) is 42.6 Å². The number of rotatable bonds is 6. The number of benzene rings is 2. The third-order valence-corrected chi connectivity index (χ3v) is 4.94. The molecule has 0 amide bonds. The number of ether oxygens (including phenoxy) is 3. The van der Waals surface area contributed by atoms with Crippen LogP contribution in [0.1, 0.15) is 11.1 Å². The molecule has 4 rings (SSSR count). The fourth-order valence-corrected chi connectivity index (χ4v) is 3.45. The normalized spacial score (nSPS) is 12.9. The summed E-state index contributed by atoms with van der Waals surface area (Å²) in [5.41, 5.74) is 3.23. The van der Waals surface area contributed by atoms with Crippen LogP contribution in [0.2, 0.25) is 0 Å². The first kappa shape index (κ1) is 18.8. The minimum atomic E-state index is 0.421. The Morgan fingerprint density at radius 3 is 2.41 bits per heavy atom. The van der Waals surface area contributed by atoms with Crippen LogP contribution in [0.3, 0.4) is 0 Å². The maximum Gasteiger partial charge on any atom is 0.249 e. The van der Waals surface area contributed by atoms with Crippen molar-refractivity contribution in [2.24, 2.45) is 0 Å². The molecule has 0 bridgehead atoms. The van der Waals surface area contributed by atoms with Gasteiger partial charge in [0.1, 0.15) is 5.75 Å². The molecule has 1 aliphatic heterocycles. The number of methoxy groups -OCH3 is 3. The minimum Gasteiger partial charge on any atom is -0.495 e. The SMILES string of the molecule is COc1ccccc1Nc1nncc(N2CCc3cc(OC)c(OC)cc3C2)n1. The Labute approximate surface area is 169 Å². The van der Waals surface area contributed by atoms with E-state index in [4.69, 9.17) is 14.2 Å². The molecule has 29 heavy (non-hydrogen) atoms. The van der Waals surface area contributed by atoms with Gasteiger partial charge in [0.25, 0.3) is 0 Å². The van der Waals surface area contributed by atoms with Gasteiger partial charge in [-0.15, -0.1) is 5.10 Å². The van der Waals surface area contributed by atoms with E-state index >= 15 is 0 Å². The van der Waals surface area contributed by atoms with Crippen molar-refractivity contribution >= 4 is 17.5 Å². The number of nitrogens with zero attached hydrogens (tertiary/aromatic N) is 4. The van der Waals surface area contributed by atoms with Crippen molar-refractivity contribution in [1.82, 2.24) is 15.2 Å². The Morgan fingerprint density at radius 1 is 0.931 bits per heavy atom. The summed E-state index contributed by atoms with van der Waals surface area (Å²) < 4.78 is 16.2. The van der Waals surface area contributed by atoms with Crippen LogP contribution in [-0.4, -0.2) is 43.1 Å². The van der Waals surface area contributed by atoms with Crippen LogP contribution in [0.25, 0.3) is 0 Å². The minimum absolute atomic E-state index is 0.421. The van der Waals surface area contributed by atoms with Crippen LogP contribution in [0, 0.1) is 0 Å². The summed E-state index contributed by atoms with van der Waals surface area (Å²) in [7, 11) is 4.93. The van der Waals surface area contributed by atoms with E-state index in [1.54, 1.807) is 27.5 Å². The van der Waals surface area contributed by atoms with Crippen LogP contribution in [-0.2, 0) is 13.0 Å². The first-order valence-electron chi connectivity index (χ1n) is 9.30. The third kappa shape index (κ3) is 3.87. The summed E-state index contributed by atoms with van der Waals surface area (Å²) in [6, 6.07) is 11.7. The van der Waals surface area contributed by atoms with E-state index in [1.165, 1.54) is 11.1 Å². The Morgan fingerprint density at radius 2 is 1.66 bits per heavy atom. The lowest BCUT2D eigenvalue weighted by atomic mass is 9.99. The van der Waals surface area contributed by atoms with Crippen molar-refractivity contribution in [3.63, 3.8) is 0 Å². The summed E-state index contributed by atoms with van der Waals surface area (Å²) >= 11 is 0. The molecular weight excluding hydrogens is 370 g/mol. The van der Waals surface area contributed by atoms with Gasteiger partial charge in [-0.1, -0.05) is 12.1 Å². The van der Waals surface area contributed by atoms with E-state index in [-0.39, 0.29) is 0 Å². The highest BCUT2D eigenvalue weighted by Gasteiger charge is 2.21. The Balaban J connectivity index is 1.56. The molecule has 2 aromatic carbocycles. The highest BCUT2D eigenvalue weighted by atomic mass is 16.5. The van der Waals surface area contributed by atoms with E-state index < -0.39 is 0 Å². The Bertz CT molecular complexity index is 1010. The zero-order chi connectivity index (χ0) is 20.2. The summed E-state index contributed by atoms with van der Waals surface area (Å²) in [5.74, 6) is 3.39. The lowest BCUT2D eigenvalue weighted by molar-refractivity contribution is 0.353. The molecule has 0 atom stereocenters. The van der Waals surface area contributed by atoms with Gasteiger partial charge >= 0.3 is 0 Å². The second-order valence-corrected chi connectivity index (χ2v) is 6.61. The third-order valence-electron chi connectivity index (χ3n) is 4.94. The first-order chi connectivity index (χ1) is 14.2. The molecule has 8 nitrogen and oxygen atoms in total. The topological polar surface area (TPSA) is 81.6 Å². The van der Waals surface area contributed by atoms with Gasteiger partial charge in [-0.2, -0.15) is 10.1 Å². The van der Waals surface area contributed by atoms with Gasteiger partial charge in [0.15, 0.2) is 17.3 Å². The lowest BCUT2D eigenvalue weighted by Gasteiger charge is -2.30. The zero-order valence-corrected chi connectivity index (χ0v) is 16.7. The van der Waals surface area contributed by atoms with Crippen molar-refractivity contribution < 1.29 is 14.2 Å². The van der Waals surface area contributed by atoms with Crippen molar-refractivity contribution in [1.29, 1.82) is 0 Å². The van der Waals surface area contributed by atoms with Crippen molar-refractivity contribution in [3.8, 4) is 17.2 Å². The average molecular weight is 393 g/mol. The molecule has 0 unspecified atom stereocenters. The van der Waals surface area contributed by atoms with Crippen molar-refractivity contribution in [2.75, 3.05) is 38.1 Å². The fourth-order valence-electron chi connectivity index (χ4n) is 3.45. The molecule has 8 heteroatoms. The zero-order valence-electron chi connectivity index (χ0n) is 16.7. The Kier molecular flexibility index (Phi) is 5.33. The quantitative estimate of drug-likeness (QED) is 0.684. The van der Waals surface area contributed by atoms with E-state index in [1.807, 2.05) is 30.3 Å². The van der Waals surface area contributed by atoms with Gasteiger partial charge < -0.3 is 24.4 Å². The molecule has 0 saturated heterocycles. The number of aromatic nitrogens is 3. The van der Waals surface area contributed by atoms with Crippen LogP contribution >= 0.6 is 0 Å². The average Bonchev–Trinajstić information content (AvgIpc) is 2.78. The number of hydrogen-bond acceptors (Lipinski definition) is 8. The van der Waals surface area contributed by atoms with E-state index in [0.29, 0.717) is 12.5 Å². The number of hydrogen-bond donors (Lipinski definition) is 1. The monoisotopic (exact) mass is 393 g/mol. The van der Waals surface area contributed by atoms with Crippen LogP contribution < -0.4 is 24.4 Å². The summed E-state index contributed by atoms with van der Waals surface area (Å²) in [6.45, 7) is 1.54. The van der Waals surface area contributed by atoms with Gasteiger partial charge in [0, 0.05) is 13.1 Å². The summed E-state index contributed by atoms with van der Waals surface area (Å²) in [4.78, 5) is 6.82. The molecule has 1 aromatic heterocycles. The molecule has 0 aliphatic carbocycles. The van der Waals surface area contributed by atoms with Gasteiger partial charge in [0.05, 0.1) is 33.2 Å². The van der Waals surface area contributed by atoms with Gasteiger partial charge in [0.2, 0.25) is 5.95 Å². The standard InChI is InChI=1S/C21H23N5O3/c1-27-17-7-5-4-6-16(17)23-21-24-20(12-22-25-21)26-9-8-14-10-18(28-2)19(29-3)11-15(14)13-26/h4-7,10-12H,8-9,13H2,1-3H3,(H,23,24,25). The molecular formula is C21H23N5O3. The van der Waals surface area contributed by atoms with Gasteiger partial charge in [-0.25, -0.2) is 0 Å². The number of nitrogens with one attached hydrogen (secondary N) is 1. The Hall–Kier alpha value is -3.55. The van der Waals surface area contributed by atoms with Crippen LogP contribution in [0.4, 0.5) is 17.5 Å². The molecule has 2 heterocycles. The van der Waals surface area contributed by atoms with E-state index in [9.17, 15) is 0 Å². The molecule has 150 valence electrons. The molecule has 1 N–H and O–H groups in total. The second-order valence-electron chi connectivity index (χ2n) is 6.61. The van der Waals surface area contributed by atoms with E-state index in [0.717, 1.165) is 41.7 Å². The first-order valence-corrected chi connectivity index (χ1v) is 9.30. The summed E-state index contributed by atoms with van der Waals surface area (Å²) in [5, 5.41) is 11.4. The predicted molar refractivity (Wildman–Crippen MR) is 110 cm³/mol. The van der Waals surface area contributed by atoms with Gasteiger partial charge in [-0.05, 0) is 41.8 Å². The van der Waals surface area contributed by atoms with Crippen LogP contribution in [0.5, 0.6) is 17.2 Å². The van der Waals surface area contributed by atoms with Crippen molar-refractivity contribution in [3.05, 3.63) is 53.7 Å². The molecule has 0 saturated carbocycles. The smallest absolute Gasteiger partial charge is 0.249 e. The molecule has 1 aliphatic rings. The highest BCUT2D eigenvalue weighted by molar-refractivity contribution is 5.63. The lowest BCUT2D eigenvalue weighted by Crippen LogP contribution is -2.31.